The maximum atomic E-state index is 12.3. The molecule has 0 unspecified atom stereocenters. The standard InChI is InChI=1S/C17H9Cl2N5O3/c18-11-5-10(17(26)27)14(6-12(11)19)21-16(25)13-1-2-15(23-22-13)24-4-3-9(7-20)8-24/h1-6,8H,(H,21,25)(H,26,27)/p-1. The van der Waals surface area contributed by atoms with E-state index in [1.54, 1.807) is 23.0 Å². The van der Waals surface area contributed by atoms with E-state index >= 15 is 0 Å². The predicted molar refractivity (Wildman–Crippen MR) is 94.8 cm³/mol. The van der Waals surface area contributed by atoms with E-state index in [1.807, 2.05) is 6.07 Å². The molecule has 0 aliphatic rings. The molecule has 0 saturated heterocycles. The van der Waals surface area contributed by atoms with E-state index < -0.39 is 11.9 Å². The number of nitrogens with one attached hydrogen (secondary N) is 1. The van der Waals surface area contributed by atoms with Gasteiger partial charge in [-0.3, -0.25) is 4.79 Å². The third kappa shape index (κ3) is 3.89. The van der Waals surface area contributed by atoms with Crippen molar-refractivity contribution in [1.82, 2.24) is 14.8 Å². The number of carbonyl (C=O) groups excluding carboxylic acids is 2. The van der Waals surface area contributed by atoms with Gasteiger partial charge in [-0.25, -0.2) is 0 Å². The van der Waals surface area contributed by atoms with Crippen LogP contribution in [0.25, 0.3) is 5.82 Å². The largest absolute Gasteiger partial charge is 0.545 e. The Balaban J connectivity index is 1.84. The van der Waals surface area contributed by atoms with Crippen LogP contribution in [-0.2, 0) is 0 Å². The van der Waals surface area contributed by atoms with Crippen molar-refractivity contribution in [1.29, 1.82) is 5.26 Å². The molecule has 0 aliphatic carbocycles. The summed E-state index contributed by atoms with van der Waals surface area (Å²) in [4.78, 5) is 23.5. The minimum absolute atomic E-state index is 0.0153. The summed E-state index contributed by atoms with van der Waals surface area (Å²) in [6, 6.07) is 8.82. The average Bonchev–Trinajstić information content (AvgIpc) is 3.13. The van der Waals surface area contributed by atoms with Crippen LogP contribution in [-0.4, -0.2) is 26.6 Å². The SMILES string of the molecule is N#Cc1ccn(-c2ccc(C(=O)Nc3cc(Cl)c(Cl)cc3C(=O)[O-])nn2)c1. The second kappa shape index (κ2) is 7.45. The number of carboxylic acid groups (broad SMARTS) is 1. The quantitative estimate of drug-likeness (QED) is 0.714. The summed E-state index contributed by atoms with van der Waals surface area (Å²) in [5.74, 6) is -1.82. The first-order valence-corrected chi connectivity index (χ1v) is 8.08. The van der Waals surface area contributed by atoms with Gasteiger partial charge in [-0.05, 0) is 30.3 Å². The van der Waals surface area contributed by atoms with Crippen LogP contribution in [0.15, 0.2) is 42.7 Å². The van der Waals surface area contributed by atoms with Crippen LogP contribution in [0.2, 0.25) is 10.0 Å². The maximum absolute atomic E-state index is 12.3. The number of hydrogen-bond donors (Lipinski definition) is 1. The molecule has 10 heteroatoms. The van der Waals surface area contributed by atoms with E-state index in [2.05, 4.69) is 15.5 Å². The van der Waals surface area contributed by atoms with E-state index in [0.717, 1.165) is 6.07 Å². The van der Waals surface area contributed by atoms with Gasteiger partial charge in [0.25, 0.3) is 5.91 Å². The molecular weight excluding hydrogens is 393 g/mol. The van der Waals surface area contributed by atoms with Crippen LogP contribution >= 0.6 is 23.2 Å². The minimum Gasteiger partial charge on any atom is -0.545 e. The normalized spacial score (nSPS) is 10.3. The topological polar surface area (TPSA) is 124 Å². The summed E-state index contributed by atoms with van der Waals surface area (Å²) >= 11 is 11.7. The molecule has 134 valence electrons. The number of aromatic carboxylic acids is 1. The van der Waals surface area contributed by atoms with Gasteiger partial charge in [-0.2, -0.15) is 5.26 Å². The molecule has 3 rings (SSSR count). The fourth-order valence-electron chi connectivity index (χ4n) is 2.19. The highest BCUT2D eigenvalue weighted by molar-refractivity contribution is 6.42. The number of benzene rings is 1. The van der Waals surface area contributed by atoms with Crippen LogP contribution in [0.1, 0.15) is 26.4 Å². The summed E-state index contributed by atoms with van der Waals surface area (Å²) in [5.41, 5.74) is -0.00196. The molecule has 0 bridgehead atoms. The molecule has 0 saturated carbocycles. The first kappa shape index (κ1) is 18.4. The maximum Gasteiger partial charge on any atom is 0.276 e. The van der Waals surface area contributed by atoms with Crippen LogP contribution in [0, 0.1) is 11.3 Å². The summed E-state index contributed by atoms with van der Waals surface area (Å²) < 4.78 is 1.57. The Hall–Kier alpha value is -3.41. The molecule has 1 amide bonds. The van der Waals surface area contributed by atoms with Crippen molar-refractivity contribution in [3.63, 3.8) is 0 Å². The highest BCUT2D eigenvalue weighted by atomic mass is 35.5. The van der Waals surface area contributed by atoms with Gasteiger partial charge < -0.3 is 19.8 Å². The van der Waals surface area contributed by atoms with Gasteiger partial charge >= 0.3 is 0 Å². The number of nitrogens with zero attached hydrogens (tertiary/aromatic N) is 4. The molecule has 1 aromatic carbocycles. The number of nitriles is 1. The molecule has 2 heterocycles. The van der Waals surface area contributed by atoms with Crippen molar-refractivity contribution in [2.24, 2.45) is 0 Å². The molecule has 1 N–H and O–H groups in total. The lowest BCUT2D eigenvalue weighted by molar-refractivity contribution is -0.254. The molecule has 0 spiro atoms. The lowest BCUT2D eigenvalue weighted by Gasteiger charge is -2.13. The van der Waals surface area contributed by atoms with Crippen LogP contribution in [0.3, 0.4) is 0 Å². The smallest absolute Gasteiger partial charge is 0.276 e. The Morgan fingerprint density at radius 3 is 2.48 bits per heavy atom. The van der Waals surface area contributed by atoms with Crippen molar-refractivity contribution in [3.05, 3.63) is 69.6 Å². The van der Waals surface area contributed by atoms with Crippen molar-refractivity contribution in [2.75, 3.05) is 5.32 Å². The number of rotatable bonds is 4. The number of halogens is 2. The third-order valence-electron chi connectivity index (χ3n) is 3.50. The van der Waals surface area contributed by atoms with E-state index in [1.165, 1.54) is 18.2 Å². The fraction of sp³-hybridized carbons (Fsp3) is 0. The Morgan fingerprint density at radius 1 is 1.15 bits per heavy atom. The van der Waals surface area contributed by atoms with Gasteiger partial charge in [0, 0.05) is 18.0 Å². The summed E-state index contributed by atoms with van der Waals surface area (Å²) in [6.45, 7) is 0. The van der Waals surface area contributed by atoms with Gasteiger partial charge in [-0.1, -0.05) is 23.2 Å². The average molecular weight is 401 g/mol. The number of carbonyl (C=O) groups is 2. The predicted octanol–water partition coefficient (Wildman–Crippen LogP) is 2.06. The number of anilines is 1. The second-order valence-corrected chi connectivity index (χ2v) is 6.06. The van der Waals surface area contributed by atoms with Gasteiger partial charge in [0.2, 0.25) is 0 Å². The zero-order chi connectivity index (χ0) is 19.6. The first-order valence-electron chi connectivity index (χ1n) is 7.33. The molecule has 2 aromatic heterocycles. The van der Waals surface area contributed by atoms with Gasteiger partial charge in [0.15, 0.2) is 11.5 Å². The molecule has 0 fully saturated rings. The molecule has 0 atom stereocenters. The Bertz CT molecular complexity index is 1090. The number of hydrogen-bond acceptors (Lipinski definition) is 6. The Kier molecular flexibility index (Phi) is 5.07. The van der Waals surface area contributed by atoms with E-state index in [9.17, 15) is 14.7 Å². The minimum atomic E-state index is -1.52. The van der Waals surface area contributed by atoms with Gasteiger partial charge in [-0.15, -0.1) is 10.2 Å². The fourth-order valence-corrected chi connectivity index (χ4v) is 2.52. The van der Waals surface area contributed by atoms with Crippen LogP contribution < -0.4 is 10.4 Å². The Labute approximate surface area is 162 Å². The monoisotopic (exact) mass is 400 g/mol. The van der Waals surface area contributed by atoms with Crippen LogP contribution in [0.5, 0.6) is 0 Å². The summed E-state index contributed by atoms with van der Waals surface area (Å²) in [5, 5.41) is 30.3. The highest BCUT2D eigenvalue weighted by Crippen LogP contribution is 2.29. The lowest BCUT2D eigenvalue weighted by atomic mass is 10.1. The zero-order valence-electron chi connectivity index (χ0n) is 13.3. The molecule has 27 heavy (non-hydrogen) atoms. The lowest BCUT2D eigenvalue weighted by Crippen LogP contribution is -2.25. The molecule has 3 aromatic rings. The van der Waals surface area contributed by atoms with E-state index in [0.29, 0.717) is 11.4 Å². The number of aromatic nitrogens is 3. The van der Waals surface area contributed by atoms with Crippen LogP contribution in [0.4, 0.5) is 5.69 Å². The van der Waals surface area contributed by atoms with Crippen molar-refractivity contribution in [2.45, 2.75) is 0 Å². The number of amides is 1. The first-order chi connectivity index (χ1) is 12.9. The third-order valence-corrected chi connectivity index (χ3v) is 4.22. The second-order valence-electron chi connectivity index (χ2n) is 5.25. The highest BCUT2D eigenvalue weighted by Gasteiger charge is 2.14. The van der Waals surface area contributed by atoms with E-state index in [-0.39, 0.29) is 27.0 Å². The molecule has 0 radical (unpaired) electrons. The molecule has 8 nitrogen and oxygen atoms in total. The van der Waals surface area contributed by atoms with Crippen molar-refractivity contribution < 1.29 is 14.7 Å². The zero-order valence-corrected chi connectivity index (χ0v) is 14.8. The van der Waals surface area contributed by atoms with Crippen molar-refractivity contribution in [3.8, 4) is 11.9 Å². The summed E-state index contributed by atoms with van der Waals surface area (Å²) in [6.07, 6.45) is 3.19. The summed E-state index contributed by atoms with van der Waals surface area (Å²) in [7, 11) is 0. The Morgan fingerprint density at radius 2 is 1.89 bits per heavy atom. The molecular formula is C17H8Cl2N5O3-. The van der Waals surface area contributed by atoms with Gasteiger partial charge in [0.05, 0.1) is 27.3 Å². The van der Waals surface area contributed by atoms with Crippen molar-refractivity contribution >= 4 is 40.8 Å². The van der Waals surface area contributed by atoms with E-state index in [4.69, 9.17) is 28.5 Å². The molecule has 0 aliphatic heterocycles. The van der Waals surface area contributed by atoms with Gasteiger partial charge in [0.1, 0.15) is 6.07 Å². The number of carboxylic acids is 1.